The summed E-state index contributed by atoms with van der Waals surface area (Å²) in [6.07, 6.45) is 3.36. The zero-order valence-corrected chi connectivity index (χ0v) is 18.2. The van der Waals surface area contributed by atoms with E-state index in [1.165, 1.54) is 6.33 Å². The van der Waals surface area contributed by atoms with Crippen LogP contribution >= 0.6 is 0 Å². The van der Waals surface area contributed by atoms with Gasteiger partial charge in [0.2, 0.25) is 0 Å². The second-order valence-corrected chi connectivity index (χ2v) is 9.01. The number of rotatable bonds is 4. The highest BCUT2D eigenvalue weighted by atomic mass is 16.5. The van der Waals surface area contributed by atoms with Crippen molar-refractivity contribution in [2.24, 2.45) is 0 Å². The molecule has 0 spiro atoms. The fourth-order valence-electron chi connectivity index (χ4n) is 4.27. The van der Waals surface area contributed by atoms with Crippen LogP contribution in [0, 0.1) is 0 Å². The number of furan rings is 1. The fourth-order valence-corrected chi connectivity index (χ4v) is 4.27. The quantitative estimate of drug-likeness (QED) is 0.517. The number of likely N-dealkylation sites (tertiary alicyclic amines) is 1. The Labute approximate surface area is 189 Å². The number of amides is 1. The molecule has 5 heterocycles. The summed E-state index contributed by atoms with van der Waals surface area (Å²) >= 11 is 0. The molecule has 1 N–H and O–H groups in total. The van der Waals surface area contributed by atoms with Crippen molar-refractivity contribution in [3.63, 3.8) is 0 Å². The minimum Gasteiger partial charge on any atom is -0.452 e. The van der Waals surface area contributed by atoms with E-state index in [1.807, 2.05) is 41.3 Å². The summed E-state index contributed by atoms with van der Waals surface area (Å²) < 4.78 is 11.5. The number of aromatic nitrogens is 3. The van der Waals surface area contributed by atoms with Crippen LogP contribution in [0.3, 0.4) is 0 Å². The Balaban J connectivity index is 1.32. The normalized spacial score (nSPS) is 19.7. The van der Waals surface area contributed by atoms with Gasteiger partial charge in [-0.3, -0.25) is 9.78 Å². The Hall–Kier alpha value is -3.62. The van der Waals surface area contributed by atoms with Gasteiger partial charge in [0.1, 0.15) is 28.9 Å². The Morgan fingerprint density at radius 3 is 2.58 bits per heavy atom. The Kier molecular flexibility index (Phi) is 4.36. The molecule has 8 nitrogen and oxygen atoms in total. The van der Waals surface area contributed by atoms with Crippen LogP contribution in [-0.2, 0) is 10.3 Å². The molecule has 2 saturated heterocycles. The molecular formula is C25H22N4O4. The first-order valence-corrected chi connectivity index (χ1v) is 10.9. The van der Waals surface area contributed by atoms with E-state index in [-0.39, 0.29) is 18.1 Å². The van der Waals surface area contributed by atoms with Gasteiger partial charge in [0, 0.05) is 35.5 Å². The zero-order chi connectivity index (χ0) is 22.7. The molecular weight excluding hydrogens is 420 g/mol. The Morgan fingerprint density at radius 2 is 1.91 bits per heavy atom. The monoisotopic (exact) mass is 442 g/mol. The lowest BCUT2D eigenvalue weighted by Gasteiger charge is -2.54. The van der Waals surface area contributed by atoms with Gasteiger partial charge in [-0.15, -0.1) is 0 Å². The number of morpholine rings is 1. The number of nitrogens with zero attached hydrogens (tertiary/aromatic N) is 4. The highest BCUT2D eigenvalue weighted by molar-refractivity contribution is 5.96. The summed E-state index contributed by atoms with van der Waals surface area (Å²) in [6.45, 7) is 4.68. The fraction of sp³-hybridized carbons (Fsp3) is 0.280. The number of pyridine rings is 1. The summed E-state index contributed by atoms with van der Waals surface area (Å²) in [4.78, 5) is 27.6. The molecule has 0 radical (unpaired) electrons. The lowest BCUT2D eigenvalue weighted by atomic mass is 9.93. The van der Waals surface area contributed by atoms with Crippen LogP contribution in [0.15, 0.2) is 59.4 Å². The maximum Gasteiger partial charge on any atom is 0.254 e. The van der Waals surface area contributed by atoms with E-state index in [0.29, 0.717) is 47.0 Å². The van der Waals surface area contributed by atoms with E-state index < -0.39 is 5.60 Å². The SMILES string of the molecule is CC(C)(O)c1cc(-c2ncnc3cc(-c4ccc(C(=O)N5CC6OCC65)cc4)oc23)ccn1. The van der Waals surface area contributed by atoms with Crippen LogP contribution in [0.1, 0.15) is 29.9 Å². The molecule has 6 rings (SSSR count). The molecule has 0 saturated carbocycles. The first-order valence-electron chi connectivity index (χ1n) is 10.9. The van der Waals surface area contributed by atoms with Crippen LogP contribution in [0.2, 0.25) is 0 Å². The van der Waals surface area contributed by atoms with Crippen molar-refractivity contribution in [2.75, 3.05) is 13.2 Å². The molecule has 4 aromatic rings. The number of fused-ring (bicyclic) bond motifs is 2. The van der Waals surface area contributed by atoms with E-state index in [0.717, 1.165) is 11.1 Å². The largest absolute Gasteiger partial charge is 0.452 e. The second kappa shape index (κ2) is 7.19. The van der Waals surface area contributed by atoms with E-state index >= 15 is 0 Å². The number of benzene rings is 1. The molecule has 2 aliphatic rings. The van der Waals surface area contributed by atoms with E-state index in [9.17, 15) is 9.90 Å². The van der Waals surface area contributed by atoms with Crippen LogP contribution in [-0.4, -0.2) is 56.2 Å². The molecule has 0 aliphatic carbocycles. The summed E-state index contributed by atoms with van der Waals surface area (Å²) in [5.41, 5.74) is 3.60. The molecule has 2 unspecified atom stereocenters. The number of aliphatic hydroxyl groups is 1. The molecule has 1 aromatic carbocycles. The maximum absolute atomic E-state index is 12.7. The van der Waals surface area contributed by atoms with Crippen molar-refractivity contribution in [1.82, 2.24) is 19.9 Å². The van der Waals surface area contributed by atoms with Gasteiger partial charge in [-0.1, -0.05) is 12.1 Å². The first kappa shape index (κ1) is 20.0. The molecule has 3 aromatic heterocycles. The molecule has 2 fully saturated rings. The van der Waals surface area contributed by atoms with Crippen LogP contribution < -0.4 is 0 Å². The van der Waals surface area contributed by atoms with Gasteiger partial charge in [0.05, 0.1) is 24.4 Å². The number of hydrogen-bond donors (Lipinski definition) is 1. The minimum absolute atomic E-state index is 0.0316. The molecule has 2 aliphatic heterocycles. The molecule has 8 heteroatoms. The molecule has 33 heavy (non-hydrogen) atoms. The molecule has 2 atom stereocenters. The van der Waals surface area contributed by atoms with Gasteiger partial charge in [-0.2, -0.15) is 0 Å². The average Bonchev–Trinajstić information content (AvgIpc) is 3.24. The van der Waals surface area contributed by atoms with Gasteiger partial charge >= 0.3 is 0 Å². The van der Waals surface area contributed by atoms with E-state index in [1.54, 1.807) is 26.1 Å². The van der Waals surface area contributed by atoms with Crippen LogP contribution in [0.5, 0.6) is 0 Å². The average molecular weight is 442 g/mol. The van der Waals surface area contributed by atoms with Crippen molar-refractivity contribution in [2.45, 2.75) is 31.6 Å². The number of ether oxygens (including phenoxy) is 1. The first-order chi connectivity index (χ1) is 15.9. The smallest absolute Gasteiger partial charge is 0.254 e. The van der Waals surface area contributed by atoms with Gasteiger partial charge in [0.25, 0.3) is 5.91 Å². The molecule has 166 valence electrons. The Bertz CT molecular complexity index is 1370. The van der Waals surface area contributed by atoms with E-state index in [2.05, 4.69) is 15.0 Å². The third-order valence-corrected chi connectivity index (χ3v) is 6.34. The number of carbonyl (C=O) groups is 1. The topological polar surface area (TPSA) is 102 Å². The number of hydrogen-bond acceptors (Lipinski definition) is 7. The van der Waals surface area contributed by atoms with Crippen molar-refractivity contribution in [3.05, 3.63) is 66.2 Å². The van der Waals surface area contributed by atoms with Crippen LogP contribution in [0.25, 0.3) is 33.7 Å². The van der Waals surface area contributed by atoms with Gasteiger partial charge < -0.3 is 19.2 Å². The van der Waals surface area contributed by atoms with E-state index in [4.69, 9.17) is 9.15 Å². The predicted octanol–water partition coefficient (Wildman–Crippen LogP) is 3.40. The maximum atomic E-state index is 12.7. The lowest BCUT2D eigenvalue weighted by molar-refractivity contribution is -0.195. The number of carbonyl (C=O) groups excluding carboxylic acids is 1. The predicted molar refractivity (Wildman–Crippen MR) is 120 cm³/mol. The van der Waals surface area contributed by atoms with Gasteiger partial charge in [-0.25, -0.2) is 9.97 Å². The highest BCUT2D eigenvalue weighted by Crippen LogP contribution is 2.34. The summed E-state index contributed by atoms with van der Waals surface area (Å²) in [5, 5.41) is 10.3. The summed E-state index contributed by atoms with van der Waals surface area (Å²) in [7, 11) is 0. The highest BCUT2D eigenvalue weighted by Gasteiger charge is 2.49. The Morgan fingerprint density at radius 1 is 1.09 bits per heavy atom. The molecule has 1 amide bonds. The van der Waals surface area contributed by atoms with Crippen molar-refractivity contribution in [1.29, 1.82) is 0 Å². The summed E-state index contributed by atoms with van der Waals surface area (Å²) in [5.74, 6) is 0.670. The van der Waals surface area contributed by atoms with Crippen molar-refractivity contribution >= 4 is 17.0 Å². The summed E-state index contributed by atoms with van der Waals surface area (Å²) in [6, 6.07) is 13.1. The minimum atomic E-state index is -1.07. The zero-order valence-electron chi connectivity index (χ0n) is 18.2. The standard InChI is InChI=1S/C25H22N4O4/c1-25(2,31)21-9-16(7-8-26-21)22-23-17(27-13-28-22)10-19(33-23)14-3-5-15(6-4-14)24(30)29-11-20-18(29)12-32-20/h3-10,13,18,20,31H,11-12H2,1-2H3. The van der Waals surface area contributed by atoms with Gasteiger partial charge in [0.15, 0.2) is 5.58 Å². The third kappa shape index (κ3) is 3.30. The third-order valence-electron chi connectivity index (χ3n) is 6.34. The molecule has 0 bridgehead atoms. The lowest BCUT2D eigenvalue weighted by Crippen LogP contribution is -2.71. The van der Waals surface area contributed by atoms with Crippen molar-refractivity contribution < 1.29 is 19.1 Å². The van der Waals surface area contributed by atoms with Crippen molar-refractivity contribution in [3.8, 4) is 22.6 Å². The van der Waals surface area contributed by atoms with Gasteiger partial charge in [-0.05, 0) is 38.1 Å². The second-order valence-electron chi connectivity index (χ2n) is 9.01. The van der Waals surface area contributed by atoms with Crippen LogP contribution in [0.4, 0.5) is 0 Å².